The van der Waals surface area contributed by atoms with Gasteiger partial charge in [-0.2, -0.15) is 0 Å². The molecule has 0 aliphatic rings. The van der Waals surface area contributed by atoms with Crippen molar-refractivity contribution in [3.8, 4) is 0 Å². The largest absolute Gasteiger partial charge is 0.384 e. The van der Waals surface area contributed by atoms with Gasteiger partial charge in [0.1, 0.15) is 6.10 Å². The molecule has 0 radical (unpaired) electrons. The quantitative estimate of drug-likeness (QED) is 0.802. The molecule has 0 aliphatic heterocycles. The van der Waals surface area contributed by atoms with E-state index in [1.165, 1.54) is 12.5 Å². The van der Waals surface area contributed by atoms with E-state index in [1.54, 1.807) is 11.9 Å². The number of hydrogen-bond donors (Lipinski definition) is 1. The van der Waals surface area contributed by atoms with Gasteiger partial charge in [-0.25, -0.2) is 0 Å². The molecule has 0 spiro atoms. The number of likely N-dealkylation sites (N-methyl/N-ethyl adjacent to an activating group) is 1. The average molecular weight is 207 g/mol. The fourth-order valence-electron chi connectivity index (χ4n) is 1.37. The maximum atomic E-state index is 11.3. The summed E-state index contributed by atoms with van der Waals surface area (Å²) in [5.41, 5.74) is 1.20. The highest BCUT2D eigenvalue weighted by Crippen LogP contribution is 2.01. The second-order valence-electron chi connectivity index (χ2n) is 3.67. The minimum absolute atomic E-state index is 0.231. The molecule has 0 heterocycles. The van der Waals surface area contributed by atoms with Crippen LogP contribution in [0.4, 0.5) is 0 Å². The Kier molecular flexibility index (Phi) is 4.31. The minimum atomic E-state index is -0.911. The third kappa shape index (κ3) is 3.72. The van der Waals surface area contributed by atoms with Gasteiger partial charge < -0.3 is 10.0 Å². The Morgan fingerprint density at radius 1 is 1.40 bits per heavy atom. The summed E-state index contributed by atoms with van der Waals surface area (Å²) in [6, 6.07) is 9.98. The summed E-state index contributed by atoms with van der Waals surface area (Å²) in [5.74, 6) is -0.231. The van der Waals surface area contributed by atoms with Gasteiger partial charge >= 0.3 is 0 Å². The van der Waals surface area contributed by atoms with Crippen LogP contribution in [0.5, 0.6) is 0 Å². The summed E-state index contributed by atoms with van der Waals surface area (Å²) in [7, 11) is 1.71. The van der Waals surface area contributed by atoms with Crippen LogP contribution in [0.15, 0.2) is 30.3 Å². The molecule has 1 rings (SSSR count). The highest BCUT2D eigenvalue weighted by atomic mass is 16.3. The lowest BCUT2D eigenvalue weighted by atomic mass is 10.1. The number of benzene rings is 1. The van der Waals surface area contributed by atoms with Crippen LogP contribution in [0.1, 0.15) is 12.5 Å². The van der Waals surface area contributed by atoms with E-state index in [1.807, 2.05) is 30.3 Å². The molecule has 15 heavy (non-hydrogen) atoms. The summed E-state index contributed by atoms with van der Waals surface area (Å²) >= 11 is 0. The number of hydrogen-bond acceptors (Lipinski definition) is 2. The lowest BCUT2D eigenvalue weighted by molar-refractivity contribution is -0.137. The van der Waals surface area contributed by atoms with Crippen molar-refractivity contribution in [2.75, 3.05) is 13.6 Å². The second-order valence-corrected chi connectivity index (χ2v) is 3.67. The number of rotatable bonds is 4. The van der Waals surface area contributed by atoms with E-state index < -0.39 is 6.10 Å². The van der Waals surface area contributed by atoms with Crippen LogP contribution < -0.4 is 0 Å². The van der Waals surface area contributed by atoms with E-state index in [0.29, 0.717) is 6.54 Å². The van der Waals surface area contributed by atoms with Crippen molar-refractivity contribution in [3.63, 3.8) is 0 Å². The molecule has 1 unspecified atom stereocenters. The van der Waals surface area contributed by atoms with Gasteiger partial charge in [0.15, 0.2) is 0 Å². The molecule has 1 aromatic rings. The standard InChI is InChI=1S/C12H17NO2/c1-10(14)12(15)13(2)9-8-11-6-4-3-5-7-11/h3-7,10,14H,8-9H2,1-2H3. The van der Waals surface area contributed by atoms with Crippen molar-refractivity contribution in [1.82, 2.24) is 4.90 Å². The van der Waals surface area contributed by atoms with E-state index in [4.69, 9.17) is 5.11 Å². The summed E-state index contributed by atoms with van der Waals surface area (Å²) in [5, 5.41) is 9.10. The Bertz CT molecular complexity index is 309. The highest BCUT2D eigenvalue weighted by molar-refractivity contribution is 5.79. The van der Waals surface area contributed by atoms with Gasteiger partial charge in [-0.15, -0.1) is 0 Å². The van der Waals surface area contributed by atoms with Crippen molar-refractivity contribution in [3.05, 3.63) is 35.9 Å². The number of nitrogens with zero attached hydrogens (tertiary/aromatic N) is 1. The second kappa shape index (κ2) is 5.51. The first-order chi connectivity index (χ1) is 7.11. The third-order valence-corrected chi connectivity index (χ3v) is 2.31. The summed E-state index contributed by atoms with van der Waals surface area (Å²) in [4.78, 5) is 12.9. The minimum Gasteiger partial charge on any atom is -0.384 e. The van der Waals surface area contributed by atoms with Gasteiger partial charge in [0, 0.05) is 13.6 Å². The smallest absolute Gasteiger partial charge is 0.250 e. The van der Waals surface area contributed by atoms with E-state index in [-0.39, 0.29) is 5.91 Å². The zero-order chi connectivity index (χ0) is 11.3. The molecule has 1 N–H and O–H groups in total. The van der Waals surface area contributed by atoms with Crippen LogP contribution in [0, 0.1) is 0 Å². The number of aliphatic hydroxyl groups excluding tert-OH is 1. The Morgan fingerprint density at radius 3 is 2.53 bits per heavy atom. The first-order valence-corrected chi connectivity index (χ1v) is 5.08. The molecule has 0 saturated heterocycles. The van der Waals surface area contributed by atoms with Crippen LogP contribution in [0.25, 0.3) is 0 Å². The number of carbonyl (C=O) groups is 1. The van der Waals surface area contributed by atoms with Gasteiger partial charge in [-0.1, -0.05) is 30.3 Å². The molecule has 1 aromatic carbocycles. The lowest BCUT2D eigenvalue weighted by Crippen LogP contribution is -2.35. The van der Waals surface area contributed by atoms with Gasteiger partial charge in [-0.05, 0) is 18.9 Å². The third-order valence-electron chi connectivity index (χ3n) is 2.31. The van der Waals surface area contributed by atoms with Crippen molar-refractivity contribution < 1.29 is 9.90 Å². The van der Waals surface area contributed by atoms with E-state index in [0.717, 1.165) is 6.42 Å². The first-order valence-electron chi connectivity index (χ1n) is 5.08. The fourth-order valence-corrected chi connectivity index (χ4v) is 1.37. The molecule has 0 fully saturated rings. The molecule has 0 aliphatic carbocycles. The summed E-state index contributed by atoms with van der Waals surface area (Å²) in [6.07, 6.45) is -0.0960. The SMILES string of the molecule is CC(O)C(=O)N(C)CCc1ccccc1. The number of amides is 1. The van der Waals surface area contributed by atoms with E-state index in [2.05, 4.69) is 0 Å². The molecule has 1 amide bonds. The molecular formula is C12H17NO2. The molecular weight excluding hydrogens is 190 g/mol. The Morgan fingerprint density at radius 2 is 2.00 bits per heavy atom. The Hall–Kier alpha value is -1.35. The molecule has 82 valence electrons. The molecule has 0 bridgehead atoms. The fraction of sp³-hybridized carbons (Fsp3) is 0.417. The Labute approximate surface area is 90.3 Å². The van der Waals surface area contributed by atoms with Crippen molar-refractivity contribution >= 4 is 5.91 Å². The maximum absolute atomic E-state index is 11.3. The van der Waals surface area contributed by atoms with Gasteiger partial charge in [0.05, 0.1) is 0 Å². The van der Waals surface area contributed by atoms with Crippen LogP contribution in [-0.2, 0) is 11.2 Å². The van der Waals surface area contributed by atoms with Crippen molar-refractivity contribution in [2.45, 2.75) is 19.4 Å². The predicted octanol–water partition coefficient (Wildman–Crippen LogP) is 1.07. The number of aliphatic hydroxyl groups is 1. The molecule has 3 heteroatoms. The average Bonchev–Trinajstić information content (AvgIpc) is 2.26. The van der Waals surface area contributed by atoms with Gasteiger partial charge in [-0.3, -0.25) is 4.79 Å². The molecule has 0 aromatic heterocycles. The van der Waals surface area contributed by atoms with E-state index in [9.17, 15) is 4.79 Å². The topological polar surface area (TPSA) is 40.5 Å². The predicted molar refractivity (Wildman–Crippen MR) is 59.5 cm³/mol. The monoisotopic (exact) mass is 207 g/mol. The summed E-state index contributed by atoms with van der Waals surface area (Å²) < 4.78 is 0. The van der Waals surface area contributed by atoms with Crippen molar-refractivity contribution in [2.24, 2.45) is 0 Å². The zero-order valence-electron chi connectivity index (χ0n) is 9.18. The summed E-state index contributed by atoms with van der Waals surface area (Å²) in [6.45, 7) is 2.12. The van der Waals surface area contributed by atoms with Gasteiger partial charge in [0.2, 0.25) is 0 Å². The van der Waals surface area contributed by atoms with Crippen LogP contribution >= 0.6 is 0 Å². The van der Waals surface area contributed by atoms with Crippen LogP contribution in [0.3, 0.4) is 0 Å². The maximum Gasteiger partial charge on any atom is 0.250 e. The van der Waals surface area contributed by atoms with Crippen LogP contribution in [0.2, 0.25) is 0 Å². The normalized spacial score (nSPS) is 12.2. The Balaban J connectivity index is 2.41. The molecule has 0 saturated carbocycles. The van der Waals surface area contributed by atoms with Crippen LogP contribution in [-0.4, -0.2) is 35.6 Å². The lowest BCUT2D eigenvalue weighted by Gasteiger charge is -2.18. The highest BCUT2D eigenvalue weighted by Gasteiger charge is 2.13. The van der Waals surface area contributed by atoms with E-state index >= 15 is 0 Å². The first kappa shape index (κ1) is 11.7. The number of carbonyl (C=O) groups excluding carboxylic acids is 1. The molecule has 1 atom stereocenters. The molecule has 3 nitrogen and oxygen atoms in total. The van der Waals surface area contributed by atoms with Crippen molar-refractivity contribution in [1.29, 1.82) is 0 Å². The van der Waals surface area contributed by atoms with Gasteiger partial charge in [0.25, 0.3) is 5.91 Å². The zero-order valence-corrected chi connectivity index (χ0v) is 9.18.